The molecule has 0 saturated heterocycles. The van der Waals surface area contributed by atoms with E-state index in [9.17, 15) is 2.74 Å². The summed E-state index contributed by atoms with van der Waals surface area (Å²) >= 11 is 0. The zero-order valence-corrected chi connectivity index (χ0v) is 35.5. The summed E-state index contributed by atoms with van der Waals surface area (Å²) < 4.78 is 39.5. The molecule has 14 rings (SSSR count). The van der Waals surface area contributed by atoms with Crippen molar-refractivity contribution < 1.29 is 5.48 Å². The molecule has 0 N–H and O–H groups in total. The Bertz CT molecular complexity index is 3920. The van der Waals surface area contributed by atoms with Crippen LogP contribution in [-0.4, -0.2) is 4.57 Å². The Morgan fingerprint density at radius 2 is 1.17 bits per heavy atom. The zero-order valence-electron chi connectivity index (χ0n) is 39.5. The van der Waals surface area contributed by atoms with Gasteiger partial charge in [0.05, 0.1) is 27.6 Å². The second-order valence-corrected chi connectivity index (χ2v) is 18.5. The maximum Gasteiger partial charge on any atom is 0.0725 e. The standard InChI is InChI=1S/C62H44N2/c1-61(2)51-26-11-6-19-42(51)46-33-31-40(37-56(46)61)63(41-32-34-48-47-23-10-15-30-57(47)64(59(48)38-41)39-17-4-3-5-18-39)58-36-35-55-60-49(24-16-25-50(58)60)45-22-9-14-29-54(45)62(55)52-27-12-7-20-43(52)44-21-8-13-28-53(44)62/h3-38,42,51H,1-2H3/i7D,12D,20D,27D. The number of rotatable bonds is 4. The number of anilines is 3. The first-order valence-electron chi connectivity index (χ1n) is 24.4. The Morgan fingerprint density at radius 1 is 0.500 bits per heavy atom. The first-order chi connectivity index (χ1) is 33.2. The number of para-hydroxylation sites is 2. The van der Waals surface area contributed by atoms with Crippen molar-refractivity contribution in [2.75, 3.05) is 4.90 Å². The highest BCUT2D eigenvalue weighted by Gasteiger charge is 2.50. The third-order valence-corrected chi connectivity index (χ3v) is 15.2. The van der Waals surface area contributed by atoms with Crippen LogP contribution in [0.15, 0.2) is 218 Å². The molecule has 4 aliphatic carbocycles. The average molecular weight is 821 g/mol. The van der Waals surface area contributed by atoms with Crippen LogP contribution < -0.4 is 4.90 Å². The van der Waals surface area contributed by atoms with Crippen molar-refractivity contribution in [2.45, 2.75) is 30.6 Å². The molecule has 0 amide bonds. The maximum absolute atomic E-state index is 9.73. The fourth-order valence-electron chi connectivity index (χ4n) is 12.5. The number of aromatic nitrogens is 1. The maximum atomic E-state index is 9.73. The van der Waals surface area contributed by atoms with Crippen LogP contribution in [0.25, 0.3) is 60.5 Å². The lowest BCUT2D eigenvalue weighted by Gasteiger charge is -2.41. The lowest BCUT2D eigenvalue weighted by atomic mass is 9.61. The van der Waals surface area contributed by atoms with Crippen molar-refractivity contribution in [3.63, 3.8) is 0 Å². The first kappa shape index (κ1) is 32.1. The minimum absolute atomic E-state index is 0.00152. The van der Waals surface area contributed by atoms with E-state index in [1.54, 1.807) is 0 Å². The molecular formula is C62H44N2. The van der Waals surface area contributed by atoms with Gasteiger partial charge in [-0.25, -0.2) is 0 Å². The predicted molar refractivity (Wildman–Crippen MR) is 267 cm³/mol. The van der Waals surface area contributed by atoms with Gasteiger partial charge < -0.3 is 9.47 Å². The first-order valence-corrected chi connectivity index (χ1v) is 22.4. The van der Waals surface area contributed by atoms with Crippen LogP contribution in [0, 0.1) is 5.92 Å². The highest BCUT2D eigenvalue weighted by atomic mass is 15.1. The molecule has 9 aromatic carbocycles. The number of nitrogens with zero attached hydrogens (tertiary/aromatic N) is 2. The van der Waals surface area contributed by atoms with Crippen LogP contribution >= 0.6 is 0 Å². The van der Waals surface area contributed by atoms with Gasteiger partial charge in [-0.05, 0) is 121 Å². The monoisotopic (exact) mass is 820 g/mol. The van der Waals surface area contributed by atoms with Crippen LogP contribution in [0.5, 0.6) is 0 Å². The molecule has 3 atom stereocenters. The van der Waals surface area contributed by atoms with Crippen molar-refractivity contribution in [2.24, 2.45) is 5.92 Å². The summed E-state index contributed by atoms with van der Waals surface area (Å²) in [6.07, 6.45) is 9.15. The van der Waals surface area contributed by atoms with Gasteiger partial charge in [-0.1, -0.05) is 184 Å². The Labute approximate surface area is 379 Å². The molecule has 2 heteroatoms. The Balaban J connectivity index is 1.09. The van der Waals surface area contributed by atoms with Gasteiger partial charge in [-0.3, -0.25) is 0 Å². The van der Waals surface area contributed by atoms with Crippen LogP contribution in [0.3, 0.4) is 0 Å². The lowest BCUT2D eigenvalue weighted by Crippen LogP contribution is -2.32. The van der Waals surface area contributed by atoms with E-state index in [1.165, 1.54) is 21.9 Å². The predicted octanol–water partition coefficient (Wildman–Crippen LogP) is 15.9. The summed E-state index contributed by atoms with van der Waals surface area (Å²) in [6, 6.07) is 60.8. The molecule has 302 valence electrons. The smallest absolute Gasteiger partial charge is 0.0725 e. The van der Waals surface area contributed by atoms with Crippen molar-refractivity contribution in [3.8, 4) is 27.9 Å². The van der Waals surface area contributed by atoms with Crippen molar-refractivity contribution in [3.05, 3.63) is 252 Å². The molecule has 0 fully saturated rings. The van der Waals surface area contributed by atoms with E-state index in [-0.39, 0.29) is 29.6 Å². The largest absolute Gasteiger partial charge is 0.310 e. The Hall–Kier alpha value is -7.68. The summed E-state index contributed by atoms with van der Waals surface area (Å²) in [5.41, 5.74) is 15.3. The number of hydrogen-bond donors (Lipinski definition) is 0. The van der Waals surface area contributed by atoms with E-state index < -0.39 is 5.41 Å². The second-order valence-electron chi connectivity index (χ2n) is 18.5. The van der Waals surface area contributed by atoms with E-state index in [1.807, 2.05) is 18.2 Å². The van der Waals surface area contributed by atoms with Crippen LogP contribution in [0.1, 0.15) is 58.6 Å². The molecule has 64 heavy (non-hydrogen) atoms. The van der Waals surface area contributed by atoms with Gasteiger partial charge in [-0.2, -0.15) is 0 Å². The zero-order chi connectivity index (χ0) is 45.8. The van der Waals surface area contributed by atoms with Crippen LogP contribution in [0.2, 0.25) is 0 Å². The summed E-state index contributed by atoms with van der Waals surface area (Å²) in [7, 11) is 0. The molecule has 1 spiro atoms. The van der Waals surface area contributed by atoms with E-state index >= 15 is 0 Å². The average Bonchev–Trinajstić information content (AvgIpc) is 3.96. The van der Waals surface area contributed by atoms with Gasteiger partial charge in [-0.15, -0.1) is 0 Å². The molecule has 1 aromatic heterocycles. The van der Waals surface area contributed by atoms with E-state index in [2.05, 4.69) is 199 Å². The SMILES string of the molecule is [2H]c1c([2H])c([2H])c2c(c1[2H])-c1ccccc1C21c2ccccc2-c2cccc3c(N(c4ccc5c(c4)C(C)(C)C4C=CC=CC54)c4ccc5c6ccccc6n(-c6ccccc6)c5c4)ccc1c23. The van der Waals surface area contributed by atoms with Gasteiger partial charge >= 0.3 is 0 Å². The van der Waals surface area contributed by atoms with Crippen LogP contribution in [0.4, 0.5) is 17.1 Å². The summed E-state index contributed by atoms with van der Waals surface area (Å²) in [5.74, 6) is 0.681. The number of benzene rings is 9. The van der Waals surface area contributed by atoms with Crippen molar-refractivity contribution in [1.29, 1.82) is 0 Å². The molecule has 0 saturated carbocycles. The van der Waals surface area contributed by atoms with Crippen molar-refractivity contribution in [1.82, 2.24) is 4.57 Å². The van der Waals surface area contributed by atoms with E-state index in [0.717, 1.165) is 77.9 Å². The third kappa shape index (κ3) is 4.55. The molecule has 0 radical (unpaired) electrons. The van der Waals surface area contributed by atoms with Gasteiger partial charge in [0.1, 0.15) is 0 Å². The van der Waals surface area contributed by atoms with Crippen LogP contribution in [-0.2, 0) is 10.8 Å². The highest BCUT2D eigenvalue weighted by Crippen LogP contribution is 2.63. The number of fused-ring (bicyclic) bond motifs is 15. The van der Waals surface area contributed by atoms with Gasteiger partial charge in [0.2, 0.25) is 0 Å². The van der Waals surface area contributed by atoms with Gasteiger partial charge in [0.25, 0.3) is 0 Å². The molecule has 10 aromatic rings. The molecule has 2 nitrogen and oxygen atoms in total. The van der Waals surface area contributed by atoms with Gasteiger partial charge in [0, 0.05) is 39.1 Å². The Kier molecular flexibility index (Phi) is 6.48. The molecule has 4 aliphatic rings. The lowest BCUT2D eigenvalue weighted by molar-refractivity contribution is 0.394. The molecule has 0 bridgehead atoms. The molecule has 1 heterocycles. The summed E-state index contributed by atoms with van der Waals surface area (Å²) in [5, 5.41) is 4.52. The second kappa shape index (κ2) is 12.9. The summed E-state index contributed by atoms with van der Waals surface area (Å²) in [6.45, 7) is 4.79. The Morgan fingerprint density at radius 3 is 2.03 bits per heavy atom. The fourth-order valence-corrected chi connectivity index (χ4v) is 12.5. The summed E-state index contributed by atoms with van der Waals surface area (Å²) in [4.78, 5) is 2.45. The minimum Gasteiger partial charge on any atom is -0.310 e. The normalized spacial score (nSPS) is 20.0. The molecule has 0 aliphatic heterocycles. The molecular weight excluding hydrogens is 773 g/mol. The minimum atomic E-state index is -1.01. The third-order valence-electron chi connectivity index (χ3n) is 15.2. The quantitative estimate of drug-likeness (QED) is 0.172. The highest BCUT2D eigenvalue weighted by molar-refractivity contribution is 6.14. The number of allylic oxidation sites excluding steroid dienone is 4. The fraction of sp³-hybridized carbons (Fsp3) is 0.0968. The topological polar surface area (TPSA) is 8.17 Å². The van der Waals surface area contributed by atoms with E-state index in [0.29, 0.717) is 23.0 Å². The van der Waals surface area contributed by atoms with E-state index in [4.69, 9.17) is 2.74 Å². The molecule has 3 unspecified atom stereocenters. The van der Waals surface area contributed by atoms with Gasteiger partial charge in [0.15, 0.2) is 0 Å². The number of hydrogen-bond acceptors (Lipinski definition) is 1. The van der Waals surface area contributed by atoms with Crippen molar-refractivity contribution >= 4 is 49.6 Å².